The molecule has 0 saturated carbocycles. The zero-order valence-corrected chi connectivity index (χ0v) is 20.8. The Labute approximate surface area is 212 Å². The number of halogens is 2. The van der Waals surface area contributed by atoms with Gasteiger partial charge in [0.1, 0.15) is 38.1 Å². The van der Waals surface area contributed by atoms with E-state index in [0.717, 1.165) is 57.0 Å². The molecule has 1 fully saturated rings. The van der Waals surface area contributed by atoms with E-state index < -0.39 is 13.3 Å². The predicted molar refractivity (Wildman–Crippen MR) is 137 cm³/mol. The number of unbranched alkanes of at least 4 members (excludes halogenated alkanes) is 1. The van der Waals surface area contributed by atoms with Crippen molar-refractivity contribution in [3.05, 3.63) is 54.1 Å². The van der Waals surface area contributed by atoms with Crippen LogP contribution in [0.4, 0.5) is 14.5 Å². The van der Waals surface area contributed by atoms with E-state index in [9.17, 15) is 13.6 Å². The number of ether oxygens (including phenoxy) is 3. The minimum atomic E-state index is -0.503. The summed E-state index contributed by atoms with van der Waals surface area (Å²) in [5, 5.41) is 2.97. The Hall–Kier alpha value is -2.91. The number of rotatable bonds is 16. The molecular weight excluding hydrogens is 468 g/mol. The monoisotopic (exact) mass is 505 g/mol. The van der Waals surface area contributed by atoms with Gasteiger partial charge in [0, 0.05) is 38.3 Å². The summed E-state index contributed by atoms with van der Waals surface area (Å²) in [6, 6.07) is 14.8. The number of alkyl halides is 2. The first-order chi connectivity index (χ1) is 17.7. The third-order valence-electron chi connectivity index (χ3n) is 5.93. The molecule has 9 heteroatoms. The van der Waals surface area contributed by atoms with Crippen molar-refractivity contribution in [1.29, 1.82) is 0 Å². The molecule has 198 valence electrons. The van der Waals surface area contributed by atoms with Crippen LogP contribution in [0.25, 0.3) is 0 Å². The first-order valence-electron chi connectivity index (χ1n) is 12.6. The van der Waals surface area contributed by atoms with Gasteiger partial charge in [-0.1, -0.05) is 12.1 Å². The maximum absolute atomic E-state index is 12.5. The van der Waals surface area contributed by atoms with Crippen LogP contribution in [-0.4, -0.2) is 89.9 Å². The van der Waals surface area contributed by atoms with Gasteiger partial charge in [-0.05, 0) is 55.8 Å². The maximum atomic E-state index is 12.5. The van der Waals surface area contributed by atoms with Gasteiger partial charge in [-0.3, -0.25) is 9.69 Å². The molecule has 7 nitrogen and oxygen atoms in total. The second kappa shape index (κ2) is 16.0. The fourth-order valence-electron chi connectivity index (χ4n) is 4.04. The Balaban J connectivity index is 1.28. The number of carbonyl (C=O) groups is 1. The summed E-state index contributed by atoms with van der Waals surface area (Å²) in [6.07, 6.45) is 1.92. The highest BCUT2D eigenvalue weighted by molar-refractivity contribution is 5.94. The highest BCUT2D eigenvalue weighted by Gasteiger charge is 2.19. The van der Waals surface area contributed by atoms with Gasteiger partial charge in [-0.2, -0.15) is 0 Å². The molecule has 0 radical (unpaired) electrons. The molecule has 2 aromatic carbocycles. The summed E-state index contributed by atoms with van der Waals surface area (Å²) in [4.78, 5) is 17.1. The summed E-state index contributed by atoms with van der Waals surface area (Å²) in [6.45, 7) is 5.15. The highest BCUT2D eigenvalue weighted by atomic mass is 19.1. The second-order valence-electron chi connectivity index (χ2n) is 8.47. The molecule has 36 heavy (non-hydrogen) atoms. The van der Waals surface area contributed by atoms with Gasteiger partial charge < -0.3 is 24.4 Å². The Morgan fingerprint density at radius 1 is 0.833 bits per heavy atom. The van der Waals surface area contributed by atoms with E-state index in [1.54, 1.807) is 24.3 Å². The predicted octanol–water partition coefficient (Wildman–Crippen LogP) is 3.73. The number of benzene rings is 2. The molecular formula is C27H37F2N3O4. The molecule has 1 heterocycles. The topological polar surface area (TPSA) is 63.3 Å². The van der Waals surface area contributed by atoms with Crippen LogP contribution in [-0.2, 0) is 4.74 Å². The third kappa shape index (κ3) is 9.28. The van der Waals surface area contributed by atoms with Gasteiger partial charge in [-0.15, -0.1) is 0 Å². The molecule has 1 aliphatic rings. The first kappa shape index (κ1) is 27.7. The Morgan fingerprint density at radius 3 is 2.33 bits per heavy atom. The van der Waals surface area contributed by atoms with Crippen molar-refractivity contribution in [3.8, 4) is 11.5 Å². The van der Waals surface area contributed by atoms with Gasteiger partial charge in [0.15, 0.2) is 0 Å². The Bertz CT molecular complexity index is 893. The summed E-state index contributed by atoms with van der Waals surface area (Å²) < 4.78 is 40.6. The molecule has 0 unspecified atom stereocenters. The van der Waals surface area contributed by atoms with Crippen molar-refractivity contribution < 1.29 is 27.8 Å². The van der Waals surface area contributed by atoms with Crippen molar-refractivity contribution in [2.45, 2.75) is 12.8 Å². The van der Waals surface area contributed by atoms with Gasteiger partial charge in [0.05, 0.1) is 18.9 Å². The normalized spacial score (nSPS) is 14.0. The van der Waals surface area contributed by atoms with E-state index in [-0.39, 0.29) is 19.1 Å². The van der Waals surface area contributed by atoms with Crippen LogP contribution < -0.4 is 19.7 Å². The van der Waals surface area contributed by atoms with Crippen LogP contribution in [0.3, 0.4) is 0 Å². The average molecular weight is 506 g/mol. The van der Waals surface area contributed by atoms with Gasteiger partial charge in [0.25, 0.3) is 5.91 Å². The summed E-state index contributed by atoms with van der Waals surface area (Å²) >= 11 is 0. The number of piperazine rings is 1. The number of nitrogens with zero attached hydrogens (tertiary/aromatic N) is 2. The van der Waals surface area contributed by atoms with E-state index in [2.05, 4.69) is 15.1 Å². The zero-order chi connectivity index (χ0) is 25.4. The molecule has 1 saturated heterocycles. The van der Waals surface area contributed by atoms with Gasteiger partial charge in [-0.25, -0.2) is 8.78 Å². The zero-order valence-electron chi connectivity index (χ0n) is 20.8. The lowest BCUT2D eigenvalue weighted by molar-refractivity contribution is 0.0896. The largest absolute Gasteiger partial charge is 0.491 e. The molecule has 2 aromatic rings. The molecule has 0 spiro atoms. The summed E-state index contributed by atoms with van der Waals surface area (Å²) in [5.41, 5.74) is 1.61. The fraction of sp³-hybridized carbons (Fsp3) is 0.519. The lowest BCUT2D eigenvalue weighted by atomic mass is 10.2. The number of nitrogens with one attached hydrogen (secondary N) is 1. The standard InChI is InChI=1S/C27H37F2N3O4/c28-11-19-34-21-22-35-24-9-7-23(8-10-24)27(33)30-13-3-4-14-31-15-17-32(18-16-31)25-5-1-2-6-26(25)36-20-12-29/h1-2,5-10H,3-4,11-22H2,(H,30,33). The molecule has 3 rings (SSSR count). The lowest BCUT2D eigenvalue weighted by Gasteiger charge is -2.36. The van der Waals surface area contributed by atoms with E-state index in [1.165, 1.54) is 0 Å². The van der Waals surface area contributed by atoms with Crippen molar-refractivity contribution in [1.82, 2.24) is 10.2 Å². The number of para-hydroxylation sites is 2. The molecule has 1 amide bonds. The third-order valence-corrected chi connectivity index (χ3v) is 5.93. The first-order valence-corrected chi connectivity index (χ1v) is 12.6. The van der Waals surface area contributed by atoms with Crippen molar-refractivity contribution >= 4 is 11.6 Å². The van der Waals surface area contributed by atoms with Crippen molar-refractivity contribution in [2.24, 2.45) is 0 Å². The molecule has 0 aromatic heterocycles. The molecule has 0 aliphatic carbocycles. The Kier molecular flexibility index (Phi) is 12.3. The highest BCUT2D eigenvalue weighted by Crippen LogP contribution is 2.28. The van der Waals surface area contributed by atoms with E-state index in [4.69, 9.17) is 14.2 Å². The SMILES string of the molecule is O=C(NCCCCN1CCN(c2ccccc2OCCF)CC1)c1ccc(OCCOCCF)cc1. The minimum absolute atomic E-state index is 0.0760. The minimum Gasteiger partial charge on any atom is -0.491 e. The van der Waals surface area contributed by atoms with Crippen LogP contribution in [0.5, 0.6) is 11.5 Å². The molecule has 1 N–H and O–H groups in total. The maximum Gasteiger partial charge on any atom is 0.251 e. The number of hydrogen-bond acceptors (Lipinski definition) is 6. The van der Waals surface area contributed by atoms with Crippen LogP contribution in [0.2, 0.25) is 0 Å². The van der Waals surface area contributed by atoms with Crippen LogP contribution in [0.15, 0.2) is 48.5 Å². The van der Waals surface area contributed by atoms with Crippen LogP contribution in [0.1, 0.15) is 23.2 Å². The summed E-state index contributed by atoms with van der Waals surface area (Å²) in [7, 11) is 0. The second-order valence-corrected chi connectivity index (χ2v) is 8.47. The number of hydrogen-bond donors (Lipinski definition) is 1. The molecule has 1 aliphatic heterocycles. The molecule has 0 atom stereocenters. The number of amides is 1. The van der Waals surface area contributed by atoms with E-state index >= 15 is 0 Å². The number of anilines is 1. The molecule has 0 bridgehead atoms. The average Bonchev–Trinajstić information content (AvgIpc) is 2.92. The quantitative estimate of drug-likeness (QED) is 0.351. The smallest absolute Gasteiger partial charge is 0.251 e. The van der Waals surface area contributed by atoms with Gasteiger partial charge >= 0.3 is 0 Å². The summed E-state index contributed by atoms with van der Waals surface area (Å²) in [5.74, 6) is 1.28. The van der Waals surface area contributed by atoms with Crippen LogP contribution >= 0.6 is 0 Å². The van der Waals surface area contributed by atoms with E-state index in [1.807, 2.05) is 24.3 Å². The van der Waals surface area contributed by atoms with Gasteiger partial charge in [0.2, 0.25) is 0 Å². The number of carbonyl (C=O) groups excluding carboxylic acids is 1. The Morgan fingerprint density at radius 2 is 1.58 bits per heavy atom. The van der Waals surface area contributed by atoms with Crippen molar-refractivity contribution in [2.75, 3.05) is 83.9 Å². The van der Waals surface area contributed by atoms with Crippen molar-refractivity contribution in [3.63, 3.8) is 0 Å². The fourth-order valence-corrected chi connectivity index (χ4v) is 4.04. The lowest BCUT2D eigenvalue weighted by Crippen LogP contribution is -2.46. The van der Waals surface area contributed by atoms with E-state index in [0.29, 0.717) is 31.1 Å². The van der Waals surface area contributed by atoms with Crippen LogP contribution in [0, 0.1) is 0 Å².